The van der Waals surface area contributed by atoms with Gasteiger partial charge in [0.25, 0.3) is 5.56 Å². The Morgan fingerprint density at radius 1 is 1.19 bits per heavy atom. The van der Waals surface area contributed by atoms with E-state index in [-0.39, 0.29) is 17.2 Å². The molecule has 1 heterocycles. The first-order valence-electron chi connectivity index (χ1n) is 8.97. The normalized spacial score (nSPS) is 12.3. The van der Waals surface area contributed by atoms with E-state index in [1.807, 2.05) is 12.1 Å². The number of carbonyl (C=O) groups excluding carboxylic acids is 1. The van der Waals surface area contributed by atoms with Crippen molar-refractivity contribution in [2.75, 3.05) is 0 Å². The Hall–Kier alpha value is -2.47. The Bertz CT molecular complexity index is 1010. The van der Waals surface area contributed by atoms with E-state index >= 15 is 0 Å². The first-order chi connectivity index (χ1) is 13.0. The highest BCUT2D eigenvalue weighted by molar-refractivity contribution is 8.00. The molecule has 3 rings (SSSR count). The summed E-state index contributed by atoms with van der Waals surface area (Å²) in [6, 6.07) is 12.7. The van der Waals surface area contributed by atoms with Gasteiger partial charge in [-0.2, -0.15) is 0 Å². The fraction of sp³-hybridized carbons (Fsp3) is 0.286. The number of unbranched alkanes of at least 4 members (excludes halogenated alkanes) is 1. The van der Waals surface area contributed by atoms with Gasteiger partial charge >= 0.3 is 0 Å². The molecule has 0 N–H and O–H groups in total. The molecule has 0 unspecified atom stereocenters. The number of fused-ring (bicyclic) bond motifs is 1. The van der Waals surface area contributed by atoms with Gasteiger partial charge in [-0.1, -0.05) is 37.2 Å². The predicted molar refractivity (Wildman–Crippen MR) is 107 cm³/mol. The van der Waals surface area contributed by atoms with E-state index in [1.165, 1.54) is 36.0 Å². The van der Waals surface area contributed by atoms with Crippen LogP contribution in [0.15, 0.2) is 58.5 Å². The van der Waals surface area contributed by atoms with Crippen LogP contribution >= 0.6 is 11.8 Å². The lowest BCUT2D eigenvalue weighted by atomic mass is 10.1. The summed E-state index contributed by atoms with van der Waals surface area (Å²) in [5.74, 6) is -0.499. The van der Waals surface area contributed by atoms with Crippen LogP contribution in [0.2, 0.25) is 0 Å². The van der Waals surface area contributed by atoms with Gasteiger partial charge in [0.05, 0.1) is 16.2 Å². The Kier molecular flexibility index (Phi) is 6.06. The fourth-order valence-electron chi connectivity index (χ4n) is 2.81. The molecule has 140 valence electrons. The third kappa shape index (κ3) is 4.27. The van der Waals surface area contributed by atoms with E-state index in [4.69, 9.17) is 0 Å². The Labute approximate surface area is 161 Å². The number of hydrogen-bond acceptors (Lipinski definition) is 4. The van der Waals surface area contributed by atoms with Crippen molar-refractivity contribution in [1.29, 1.82) is 0 Å². The summed E-state index contributed by atoms with van der Waals surface area (Å²) < 4.78 is 14.8. The Morgan fingerprint density at radius 2 is 1.89 bits per heavy atom. The van der Waals surface area contributed by atoms with E-state index in [9.17, 15) is 14.0 Å². The molecular formula is C21H21FN2O2S. The number of aromatic nitrogens is 2. The first kappa shape index (κ1) is 19.3. The Morgan fingerprint density at radius 3 is 2.59 bits per heavy atom. The van der Waals surface area contributed by atoms with Gasteiger partial charge < -0.3 is 0 Å². The van der Waals surface area contributed by atoms with Gasteiger partial charge in [-0.05, 0) is 49.7 Å². The molecule has 27 heavy (non-hydrogen) atoms. The van der Waals surface area contributed by atoms with E-state index in [2.05, 4.69) is 11.9 Å². The minimum Gasteiger partial charge on any atom is -0.293 e. The third-order valence-electron chi connectivity index (χ3n) is 4.34. The second-order valence-electron chi connectivity index (χ2n) is 6.35. The molecule has 2 aromatic carbocycles. The zero-order valence-electron chi connectivity index (χ0n) is 15.3. The van der Waals surface area contributed by atoms with Crippen LogP contribution in [0.25, 0.3) is 10.9 Å². The number of ketones is 1. The SMILES string of the molecule is CCCCn1c(S[C@@H](C)C(=O)c2ccc(F)cc2)nc2ccccc2c1=O. The van der Waals surface area contributed by atoms with Crippen LogP contribution < -0.4 is 5.56 Å². The molecule has 0 spiro atoms. The highest BCUT2D eigenvalue weighted by Crippen LogP contribution is 2.25. The summed E-state index contributed by atoms with van der Waals surface area (Å²) in [5, 5.41) is 0.668. The first-order valence-corrected chi connectivity index (χ1v) is 9.85. The van der Waals surface area contributed by atoms with Crippen LogP contribution in [0.3, 0.4) is 0 Å². The van der Waals surface area contributed by atoms with Gasteiger partial charge in [-0.25, -0.2) is 9.37 Å². The highest BCUT2D eigenvalue weighted by Gasteiger charge is 2.20. The predicted octanol–water partition coefficient (Wildman–Crippen LogP) is 4.70. The summed E-state index contributed by atoms with van der Waals surface area (Å²) >= 11 is 1.27. The van der Waals surface area contributed by atoms with E-state index in [1.54, 1.807) is 23.6 Å². The molecule has 3 aromatic rings. The summed E-state index contributed by atoms with van der Waals surface area (Å²) in [7, 11) is 0. The second-order valence-corrected chi connectivity index (χ2v) is 7.66. The Balaban J connectivity index is 1.95. The van der Waals surface area contributed by atoms with Crippen molar-refractivity contribution < 1.29 is 9.18 Å². The van der Waals surface area contributed by atoms with Crippen molar-refractivity contribution in [3.63, 3.8) is 0 Å². The highest BCUT2D eigenvalue weighted by atomic mass is 32.2. The summed E-state index contributed by atoms with van der Waals surface area (Å²) in [4.78, 5) is 30.2. The summed E-state index contributed by atoms with van der Waals surface area (Å²) in [5.41, 5.74) is 0.983. The zero-order chi connectivity index (χ0) is 19.4. The largest absolute Gasteiger partial charge is 0.293 e. The second kappa shape index (κ2) is 8.48. The summed E-state index contributed by atoms with van der Waals surface area (Å²) in [6.07, 6.45) is 1.81. The molecule has 6 heteroatoms. The van der Waals surface area contributed by atoms with Crippen molar-refractivity contribution in [3.05, 3.63) is 70.3 Å². The lowest BCUT2D eigenvalue weighted by Gasteiger charge is -2.15. The molecule has 1 atom stereocenters. The van der Waals surface area contributed by atoms with Crippen molar-refractivity contribution in [3.8, 4) is 0 Å². The van der Waals surface area contributed by atoms with Crippen LogP contribution in [-0.2, 0) is 6.54 Å². The zero-order valence-corrected chi connectivity index (χ0v) is 16.1. The lowest BCUT2D eigenvalue weighted by molar-refractivity contribution is 0.0993. The maximum Gasteiger partial charge on any atom is 0.262 e. The van der Waals surface area contributed by atoms with Crippen LogP contribution in [0.5, 0.6) is 0 Å². The number of para-hydroxylation sites is 1. The van der Waals surface area contributed by atoms with Crippen LogP contribution in [0.1, 0.15) is 37.0 Å². The molecule has 0 aliphatic heterocycles. The average molecular weight is 384 g/mol. The molecule has 0 fully saturated rings. The maximum atomic E-state index is 13.1. The van der Waals surface area contributed by atoms with Crippen LogP contribution in [0.4, 0.5) is 4.39 Å². The van der Waals surface area contributed by atoms with Gasteiger partial charge in [0.1, 0.15) is 5.82 Å². The minimum absolute atomic E-state index is 0.0852. The van der Waals surface area contributed by atoms with Crippen molar-refractivity contribution >= 4 is 28.4 Å². The van der Waals surface area contributed by atoms with E-state index < -0.39 is 5.25 Å². The van der Waals surface area contributed by atoms with Gasteiger partial charge in [-0.15, -0.1) is 0 Å². The molecule has 0 aliphatic carbocycles. The number of nitrogens with zero attached hydrogens (tertiary/aromatic N) is 2. The third-order valence-corrected chi connectivity index (χ3v) is 5.43. The van der Waals surface area contributed by atoms with Gasteiger partial charge in [-0.3, -0.25) is 14.2 Å². The van der Waals surface area contributed by atoms with Crippen molar-refractivity contribution in [2.24, 2.45) is 0 Å². The molecule has 4 nitrogen and oxygen atoms in total. The molecule has 0 aliphatic rings. The standard InChI is InChI=1S/C21H21FN2O2S/c1-3-4-13-24-20(26)17-7-5-6-8-18(17)23-21(24)27-14(2)19(25)15-9-11-16(22)12-10-15/h5-12,14H,3-4,13H2,1-2H3/t14-/m0/s1. The number of thioether (sulfide) groups is 1. The molecular weight excluding hydrogens is 363 g/mol. The van der Waals surface area contributed by atoms with Gasteiger partial charge in [0, 0.05) is 12.1 Å². The van der Waals surface area contributed by atoms with Crippen molar-refractivity contribution in [2.45, 2.75) is 43.6 Å². The summed E-state index contributed by atoms with van der Waals surface area (Å²) in [6.45, 7) is 4.40. The average Bonchev–Trinajstić information content (AvgIpc) is 2.68. The van der Waals surface area contributed by atoms with Crippen molar-refractivity contribution in [1.82, 2.24) is 9.55 Å². The molecule has 0 saturated carbocycles. The molecule has 0 bridgehead atoms. The molecule has 0 saturated heterocycles. The monoisotopic (exact) mass is 384 g/mol. The molecule has 0 amide bonds. The van der Waals surface area contributed by atoms with Crippen LogP contribution in [0, 0.1) is 5.82 Å². The number of halogens is 1. The number of hydrogen-bond donors (Lipinski definition) is 0. The smallest absolute Gasteiger partial charge is 0.262 e. The minimum atomic E-state index is -0.448. The molecule has 0 radical (unpaired) electrons. The quantitative estimate of drug-likeness (QED) is 0.337. The fourth-order valence-corrected chi connectivity index (χ4v) is 3.82. The van der Waals surface area contributed by atoms with E-state index in [0.717, 1.165) is 12.8 Å². The molecule has 1 aromatic heterocycles. The number of Topliss-reactive ketones (excluding diaryl/α,β-unsaturated/α-hetero) is 1. The van der Waals surface area contributed by atoms with Crippen LogP contribution in [-0.4, -0.2) is 20.6 Å². The topological polar surface area (TPSA) is 52.0 Å². The lowest BCUT2D eigenvalue weighted by Crippen LogP contribution is -2.25. The number of carbonyl (C=O) groups is 1. The van der Waals surface area contributed by atoms with Gasteiger partial charge in [0.15, 0.2) is 10.9 Å². The maximum absolute atomic E-state index is 13.1. The number of rotatable bonds is 7. The number of benzene rings is 2. The van der Waals surface area contributed by atoms with E-state index in [0.29, 0.717) is 28.2 Å². The van der Waals surface area contributed by atoms with Gasteiger partial charge in [0.2, 0.25) is 0 Å².